The number of unbranched alkanes of at least 4 members (excludes halogenated alkanes) is 2. The Bertz CT molecular complexity index is 2550. The van der Waals surface area contributed by atoms with Crippen LogP contribution in [0.5, 0.6) is 17.2 Å². The van der Waals surface area contributed by atoms with Gasteiger partial charge in [0.25, 0.3) is 11.4 Å². The first kappa shape index (κ1) is 44.5. The summed E-state index contributed by atoms with van der Waals surface area (Å²) in [5.74, 6) is -0.359. The van der Waals surface area contributed by atoms with Crippen LogP contribution in [-0.2, 0) is 16.2 Å². The van der Waals surface area contributed by atoms with Crippen molar-refractivity contribution in [2.24, 2.45) is 22.9 Å². The van der Waals surface area contributed by atoms with E-state index in [1.165, 1.54) is 24.3 Å². The fourth-order valence-electron chi connectivity index (χ4n) is 9.59. The number of nitro benzene ring substituents is 2. The number of oxime groups is 1. The van der Waals surface area contributed by atoms with Crippen LogP contribution in [0.1, 0.15) is 62.0 Å². The van der Waals surface area contributed by atoms with Crippen LogP contribution in [0.4, 0.5) is 11.4 Å². The molecule has 0 radical (unpaired) electrons. The zero-order valence-corrected chi connectivity index (χ0v) is 36.1. The number of rotatable bonds is 20. The second kappa shape index (κ2) is 20.2. The third-order valence-electron chi connectivity index (χ3n) is 12.4. The van der Waals surface area contributed by atoms with Crippen LogP contribution in [0.3, 0.4) is 0 Å². The molecule has 5 aromatic rings. The molecule has 0 aromatic heterocycles. The molecular formula is C50H51N3O10S. The fourth-order valence-corrected chi connectivity index (χ4v) is 10.9. The molecule has 0 unspecified atom stereocenters. The lowest BCUT2D eigenvalue weighted by Gasteiger charge is -2.58. The highest BCUT2D eigenvalue weighted by Gasteiger charge is 2.64. The number of hydrogen-bond donors (Lipinski definition) is 2. The lowest BCUT2D eigenvalue weighted by molar-refractivity contribution is -0.385. The lowest BCUT2D eigenvalue weighted by atomic mass is 9.56. The number of allylic oxidation sites excluding steroid dienone is 1. The van der Waals surface area contributed by atoms with Gasteiger partial charge in [-0.25, -0.2) is 0 Å². The summed E-state index contributed by atoms with van der Waals surface area (Å²) in [5.41, 5.74) is 3.21. The molecule has 0 bridgehead atoms. The number of non-ortho nitro benzene ring substituents is 2. The monoisotopic (exact) mass is 885 g/mol. The van der Waals surface area contributed by atoms with Crippen molar-refractivity contribution in [3.63, 3.8) is 0 Å². The first-order valence-electron chi connectivity index (χ1n) is 21.7. The number of nitrogens with zero attached hydrogens (tertiary/aromatic N) is 3. The third-order valence-corrected chi connectivity index (χ3v) is 13.7. The molecule has 3 aliphatic rings. The van der Waals surface area contributed by atoms with E-state index in [0.717, 1.165) is 63.8 Å². The number of thioether (sulfide) groups is 1. The van der Waals surface area contributed by atoms with Crippen molar-refractivity contribution in [1.82, 2.24) is 0 Å². The molecule has 1 saturated carbocycles. The van der Waals surface area contributed by atoms with Gasteiger partial charge in [0, 0.05) is 54.2 Å². The van der Waals surface area contributed by atoms with Crippen LogP contribution < -0.4 is 9.47 Å². The number of fused-ring (bicyclic) bond motifs is 3. The van der Waals surface area contributed by atoms with Gasteiger partial charge in [0.1, 0.15) is 23.9 Å². The van der Waals surface area contributed by atoms with E-state index in [9.17, 15) is 30.4 Å². The van der Waals surface area contributed by atoms with E-state index >= 15 is 0 Å². The maximum absolute atomic E-state index is 11.7. The average molecular weight is 886 g/mol. The molecule has 6 atom stereocenters. The number of nitro groups is 2. The smallest absolute Gasteiger partial charge is 0.273 e. The molecule has 13 nitrogen and oxygen atoms in total. The Morgan fingerprint density at radius 1 is 0.828 bits per heavy atom. The molecule has 5 aromatic carbocycles. The van der Waals surface area contributed by atoms with Crippen LogP contribution in [0, 0.1) is 38.0 Å². The summed E-state index contributed by atoms with van der Waals surface area (Å²) in [5, 5.41) is 49.7. The molecule has 2 N–H and O–H groups in total. The van der Waals surface area contributed by atoms with Gasteiger partial charge in [0.15, 0.2) is 0 Å². The first-order chi connectivity index (χ1) is 31.2. The van der Waals surface area contributed by atoms with E-state index in [4.69, 9.17) is 24.2 Å². The Morgan fingerprint density at radius 2 is 1.58 bits per heavy atom. The van der Waals surface area contributed by atoms with Gasteiger partial charge >= 0.3 is 0 Å². The standard InChI is InChI=1S/C50H51N3O10S/c1-2-26-60-50-47(64-41-22-18-34-10-3-4-11-35(34)27-41)31-45(51-61-32-33-16-19-37(20-17-33)52(56)57)43-28-36(12-5-7-24-54)42(15-6-8-25-55)48(49(43)50)44-30-40(21-23-46(44)63-50)62-39-14-9-13-38(29-39)53(58)59/h2-4,9-11,13-14,16-23,27-30,36,42,47-49,54-55H,1,5-8,12,15,24-26,31-32H2/t36-,42+,47-,48+,49+,50+/m0/s1. The normalized spacial score (nSPS) is 22.8. The highest BCUT2D eigenvalue weighted by molar-refractivity contribution is 8.00. The van der Waals surface area contributed by atoms with Crippen LogP contribution >= 0.6 is 11.8 Å². The first-order valence-corrected chi connectivity index (χ1v) is 22.6. The van der Waals surface area contributed by atoms with Crippen molar-refractivity contribution < 1.29 is 39.1 Å². The Morgan fingerprint density at radius 3 is 2.33 bits per heavy atom. The Hall–Kier alpha value is -6.06. The van der Waals surface area contributed by atoms with Gasteiger partial charge in [-0.15, -0.1) is 18.3 Å². The molecule has 0 spiro atoms. The van der Waals surface area contributed by atoms with Gasteiger partial charge in [-0.1, -0.05) is 66.5 Å². The summed E-state index contributed by atoms with van der Waals surface area (Å²) in [6, 6.07) is 32.6. The summed E-state index contributed by atoms with van der Waals surface area (Å²) in [6.07, 6.45) is 8.89. The molecule has 332 valence electrons. The van der Waals surface area contributed by atoms with Gasteiger partial charge in [-0.05, 0) is 108 Å². The summed E-state index contributed by atoms with van der Waals surface area (Å²) < 4.78 is 20.8. The minimum absolute atomic E-state index is 0.0119. The minimum atomic E-state index is -1.24. The largest absolute Gasteiger partial charge is 0.460 e. The Balaban J connectivity index is 1.29. The fraction of sp³-hybridized carbons (Fsp3) is 0.340. The lowest BCUT2D eigenvalue weighted by Crippen LogP contribution is -2.64. The van der Waals surface area contributed by atoms with Gasteiger partial charge in [0.2, 0.25) is 5.79 Å². The van der Waals surface area contributed by atoms with Crippen molar-refractivity contribution >= 4 is 39.6 Å². The molecule has 1 heterocycles. The zero-order chi connectivity index (χ0) is 44.6. The van der Waals surface area contributed by atoms with Gasteiger partial charge in [-0.2, -0.15) is 0 Å². The van der Waals surface area contributed by atoms with Crippen LogP contribution in [0.15, 0.2) is 144 Å². The van der Waals surface area contributed by atoms with E-state index in [1.54, 1.807) is 42.1 Å². The van der Waals surface area contributed by atoms with E-state index in [2.05, 4.69) is 43.0 Å². The van der Waals surface area contributed by atoms with Crippen molar-refractivity contribution in [3.8, 4) is 17.2 Å². The topological polar surface area (TPSA) is 176 Å². The van der Waals surface area contributed by atoms with Gasteiger partial charge in [0.05, 0.1) is 39.4 Å². The maximum Gasteiger partial charge on any atom is 0.273 e. The molecule has 0 saturated heterocycles. The maximum atomic E-state index is 11.7. The molecule has 64 heavy (non-hydrogen) atoms. The molecule has 2 aliphatic carbocycles. The molecule has 1 fully saturated rings. The summed E-state index contributed by atoms with van der Waals surface area (Å²) in [7, 11) is 0. The second-order valence-corrected chi connectivity index (χ2v) is 17.7. The highest BCUT2D eigenvalue weighted by Crippen LogP contribution is 2.63. The Kier molecular flexibility index (Phi) is 14.1. The van der Waals surface area contributed by atoms with E-state index in [0.29, 0.717) is 36.5 Å². The molecule has 14 heteroatoms. The van der Waals surface area contributed by atoms with Crippen molar-refractivity contribution in [3.05, 3.63) is 165 Å². The van der Waals surface area contributed by atoms with E-state index in [1.807, 2.05) is 30.3 Å². The molecular weight excluding hydrogens is 835 g/mol. The van der Waals surface area contributed by atoms with E-state index in [-0.39, 0.29) is 60.8 Å². The summed E-state index contributed by atoms with van der Waals surface area (Å²) >= 11 is 1.66. The van der Waals surface area contributed by atoms with Gasteiger partial charge in [-0.3, -0.25) is 20.2 Å². The van der Waals surface area contributed by atoms with Crippen molar-refractivity contribution in [1.29, 1.82) is 0 Å². The van der Waals surface area contributed by atoms with Gasteiger partial charge < -0.3 is 29.3 Å². The number of aliphatic hydroxyl groups excluding tert-OH is 2. The quantitative estimate of drug-likeness (QED) is 0.0329. The van der Waals surface area contributed by atoms with Crippen LogP contribution in [0.25, 0.3) is 10.8 Å². The number of hydrogen-bond acceptors (Lipinski definition) is 12. The third kappa shape index (κ3) is 9.55. The number of aliphatic hydroxyl groups is 2. The van der Waals surface area contributed by atoms with Crippen molar-refractivity contribution in [2.75, 3.05) is 19.8 Å². The summed E-state index contributed by atoms with van der Waals surface area (Å²) in [6.45, 7) is 4.47. The van der Waals surface area contributed by atoms with E-state index < -0.39 is 21.6 Å². The predicted molar refractivity (Wildman–Crippen MR) is 246 cm³/mol. The molecule has 8 rings (SSSR count). The molecule has 0 amide bonds. The Labute approximate surface area is 375 Å². The van der Waals surface area contributed by atoms with Crippen LogP contribution in [-0.4, -0.2) is 56.6 Å². The highest BCUT2D eigenvalue weighted by atomic mass is 32.2. The molecule has 1 aliphatic heterocycles. The summed E-state index contributed by atoms with van der Waals surface area (Å²) in [4.78, 5) is 29.3. The average Bonchev–Trinajstić information content (AvgIpc) is 3.30. The van der Waals surface area contributed by atoms with Crippen LogP contribution in [0.2, 0.25) is 0 Å². The SMILES string of the molecule is C=CCO[C@@]12Oc3ccc(Oc4cccc([N+](=O)[O-])c4)cc3[C@H]3[C@H](CCCCO)[C@@H](CCCCO)C=C(C(=NOCc4ccc([N+](=O)[O-])cc4)C[C@@H]1Sc1ccc4ccccc4c1)[C@H]32. The predicted octanol–water partition coefficient (Wildman–Crippen LogP) is 11.1. The zero-order valence-electron chi connectivity index (χ0n) is 35.3. The number of ether oxygens (including phenoxy) is 3. The number of benzene rings is 5. The second-order valence-electron chi connectivity index (χ2n) is 16.4. The van der Waals surface area contributed by atoms with Crippen molar-refractivity contribution in [2.45, 2.75) is 73.4 Å². The minimum Gasteiger partial charge on any atom is -0.460 e.